The molecule has 1 aliphatic rings. The molecule has 2 amide bonds. The first-order valence-corrected chi connectivity index (χ1v) is 10.4. The molecule has 1 aromatic heterocycles. The van der Waals surface area contributed by atoms with Gasteiger partial charge in [0.25, 0.3) is 11.8 Å². The number of carbonyl (C=O) groups excluding carboxylic acids is 2. The van der Waals surface area contributed by atoms with Crippen LogP contribution in [-0.2, 0) is 9.59 Å². The summed E-state index contributed by atoms with van der Waals surface area (Å²) in [6.07, 6.45) is 3.54. The van der Waals surface area contributed by atoms with Crippen molar-refractivity contribution in [3.8, 4) is 5.69 Å². The monoisotopic (exact) mass is 429 g/mol. The van der Waals surface area contributed by atoms with Crippen LogP contribution in [0.4, 0.5) is 5.69 Å². The minimum absolute atomic E-state index is 0.0409. The lowest BCUT2D eigenvalue weighted by Crippen LogP contribution is -2.54. The van der Waals surface area contributed by atoms with Gasteiger partial charge in [-0.1, -0.05) is 29.8 Å². The lowest BCUT2D eigenvalue weighted by molar-refractivity contribution is -0.122. The Hall–Kier alpha value is -3.51. The fourth-order valence-corrected chi connectivity index (χ4v) is 4.08. The number of nitrogens with one attached hydrogen (secondary N) is 1. The molecule has 1 N–H and O–H groups in total. The van der Waals surface area contributed by atoms with E-state index < -0.39 is 11.8 Å². The summed E-state index contributed by atoms with van der Waals surface area (Å²) < 4.78 is 1.97. The zero-order chi connectivity index (χ0) is 22.3. The van der Waals surface area contributed by atoms with E-state index in [9.17, 15) is 9.59 Å². The van der Waals surface area contributed by atoms with Gasteiger partial charge in [-0.05, 0) is 86.9 Å². The topological polar surface area (TPSA) is 54.3 Å². The summed E-state index contributed by atoms with van der Waals surface area (Å²) in [5.41, 5.74) is 6.70. The highest BCUT2D eigenvalue weighted by molar-refractivity contribution is 7.80. The molecule has 4 rings (SSSR count). The van der Waals surface area contributed by atoms with E-state index in [1.165, 1.54) is 10.5 Å². The molecule has 1 saturated heterocycles. The number of thiocarbonyl (C=S) groups is 1. The van der Waals surface area contributed by atoms with Gasteiger partial charge < -0.3 is 4.57 Å². The van der Waals surface area contributed by atoms with Gasteiger partial charge in [0.15, 0.2) is 5.11 Å². The quantitative estimate of drug-likeness (QED) is 0.378. The first-order valence-electron chi connectivity index (χ1n) is 10.0. The van der Waals surface area contributed by atoms with E-state index in [0.29, 0.717) is 5.69 Å². The Bertz CT molecular complexity index is 1270. The normalized spacial score (nSPS) is 15.5. The molecule has 31 heavy (non-hydrogen) atoms. The van der Waals surface area contributed by atoms with Crippen LogP contribution < -0.4 is 10.2 Å². The third-order valence-electron chi connectivity index (χ3n) is 5.60. The highest BCUT2D eigenvalue weighted by atomic mass is 32.1. The molecule has 0 atom stereocenters. The summed E-state index contributed by atoms with van der Waals surface area (Å²) >= 11 is 5.34. The van der Waals surface area contributed by atoms with E-state index in [1.54, 1.807) is 6.08 Å². The molecule has 156 valence electrons. The van der Waals surface area contributed by atoms with Crippen LogP contribution in [0.25, 0.3) is 11.8 Å². The smallest absolute Gasteiger partial charge is 0.270 e. The van der Waals surface area contributed by atoms with Gasteiger partial charge in [0.2, 0.25) is 0 Å². The van der Waals surface area contributed by atoms with Crippen LogP contribution in [0.2, 0.25) is 0 Å². The fraction of sp³-hybridized carbons (Fsp3) is 0.160. The van der Waals surface area contributed by atoms with Crippen molar-refractivity contribution in [3.05, 3.63) is 88.2 Å². The second-order valence-corrected chi connectivity index (χ2v) is 8.16. The van der Waals surface area contributed by atoms with Crippen molar-refractivity contribution in [3.63, 3.8) is 0 Å². The lowest BCUT2D eigenvalue weighted by Gasteiger charge is -2.30. The van der Waals surface area contributed by atoms with Gasteiger partial charge in [0.05, 0.1) is 5.69 Å². The number of aromatic nitrogens is 1. The Balaban J connectivity index is 1.79. The molecule has 0 spiro atoms. The molecule has 5 nitrogen and oxygen atoms in total. The average molecular weight is 430 g/mol. The number of nitrogens with zero attached hydrogens (tertiary/aromatic N) is 2. The van der Waals surface area contributed by atoms with Crippen LogP contribution in [0.1, 0.15) is 27.9 Å². The third kappa shape index (κ3) is 3.70. The predicted molar refractivity (Wildman–Crippen MR) is 127 cm³/mol. The van der Waals surface area contributed by atoms with Gasteiger partial charge in [0, 0.05) is 17.6 Å². The summed E-state index contributed by atoms with van der Waals surface area (Å²) in [4.78, 5) is 27.5. The SMILES string of the molecule is Cc1ccc(-n2cccc2/C=C2\C(=O)NC(=S)N(c3cccc(C)c3C)C2=O)c(C)c1. The first kappa shape index (κ1) is 20.8. The van der Waals surface area contributed by atoms with E-state index in [4.69, 9.17) is 12.2 Å². The van der Waals surface area contributed by atoms with Gasteiger partial charge >= 0.3 is 0 Å². The molecular weight excluding hydrogens is 406 g/mol. The molecule has 0 saturated carbocycles. The van der Waals surface area contributed by atoms with Crippen molar-refractivity contribution >= 4 is 40.9 Å². The van der Waals surface area contributed by atoms with Crippen LogP contribution in [-0.4, -0.2) is 21.5 Å². The summed E-state index contributed by atoms with van der Waals surface area (Å²) in [5, 5.41) is 2.75. The lowest BCUT2D eigenvalue weighted by atomic mass is 10.0. The molecule has 0 bridgehead atoms. The van der Waals surface area contributed by atoms with Crippen molar-refractivity contribution < 1.29 is 9.59 Å². The zero-order valence-corrected chi connectivity index (χ0v) is 18.7. The minimum Gasteiger partial charge on any atom is -0.317 e. The Morgan fingerprint density at radius 2 is 1.68 bits per heavy atom. The maximum Gasteiger partial charge on any atom is 0.270 e. The number of anilines is 1. The molecule has 0 radical (unpaired) electrons. The first-order chi connectivity index (χ1) is 14.8. The van der Waals surface area contributed by atoms with Crippen molar-refractivity contribution in [2.24, 2.45) is 0 Å². The molecule has 1 fully saturated rings. The maximum absolute atomic E-state index is 13.4. The van der Waals surface area contributed by atoms with Gasteiger partial charge in [-0.15, -0.1) is 0 Å². The summed E-state index contributed by atoms with van der Waals surface area (Å²) in [6.45, 7) is 8.00. The molecule has 2 aromatic carbocycles. The van der Waals surface area contributed by atoms with Gasteiger partial charge in [-0.25, -0.2) is 0 Å². The van der Waals surface area contributed by atoms with E-state index in [-0.39, 0.29) is 10.7 Å². The van der Waals surface area contributed by atoms with Crippen LogP contribution >= 0.6 is 12.2 Å². The summed E-state index contributed by atoms with van der Waals surface area (Å²) in [6, 6.07) is 15.6. The largest absolute Gasteiger partial charge is 0.317 e. The van der Waals surface area contributed by atoms with E-state index in [0.717, 1.165) is 28.1 Å². The maximum atomic E-state index is 13.4. The van der Waals surface area contributed by atoms with Crippen LogP contribution in [0.3, 0.4) is 0 Å². The van der Waals surface area contributed by atoms with Crippen molar-refractivity contribution in [1.29, 1.82) is 0 Å². The van der Waals surface area contributed by atoms with Crippen LogP contribution in [0.5, 0.6) is 0 Å². The number of rotatable bonds is 3. The van der Waals surface area contributed by atoms with Crippen molar-refractivity contribution in [1.82, 2.24) is 9.88 Å². The highest BCUT2D eigenvalue weighted by Gasteiger charge is 2.35. The zero-order valence-electron chi connectivity index (χ0n) is 17.9. The van der Waals surface area contributed by atoms with Gasteiger partial charge in [-0.3, -0.25) is 19.8 Å². The average Bonchev–Trinajstić information content (AvgIpc) is 3.16. The van der Waals surface area contributed by atoms with E-state index in [2.05, 4.69) is 11.4 Å². The molecule has 2 heterocycles. The number of amides is 2. The predicted octanol–water partition coefficient (Wildman–Crippen LogP) is 4.54. The van der Waals surface area contributed by atoms with Crippen LogP contribution in [0.15, 0.2) is 60.3 Å². The van der Waals surface area contributed by atoms with Crippen molar-refractivity contribution in [2.75, 3.05) is 4.90 Å². The van der Waals surface area contributed by atoms with Gasteiger partial charge in [0.1, 0.15) is 5.57 Å². The Morgan fingerprint density at radius 1 is 0.903 bits per heavy atom. The van der Waals surface area contributed by atoms with Crippen LogP contribution in [0, 0.1) is 27.7 Å². The van der Waals surface area contributed by atoms with E-state index >= 15 is 0 Å². The molecule has 1 aliphatic heterocycles. The Kier molecular flexibility index (Phi) is 5.33. The summed E-state index contributed by atoms with van der Waals surface area (Å²) in [7, 11) is 0. The fourth-order valence-electron chi connectivity index (χ4n) is 3.81. The number of hydrogen-bond donors (Lipinski definition) is 1. The Morgan fingerprint density at radius 3 is 2.42 bits per heavy atom. The molecular formula is C25H23N3O2S. The van der Waals surface area contributed by atoms with Crippen molar-refractivity contribution in [2.45, 2.75) is 27.7 Å². The molecule has 6 heteroatoms. The Labute approximate surface area is 187 Å². The second kappa shape index (κ2) is 7.96. The summed E-state index contributed by atoms with van der Waals surface area (Å²) in [5.74, 6) is -0.930. The number of benzene rings is 2. The second-order valence-electron chi connectivity index (χ2n) is 7.77. The number of carbonyl (C=O) groups is 2. The van der Waals surface area contributed by atoms with Gasteiger partial charge in [-0.2, -0.15) is 0 Å². The molecule has 0 unspecified atom stereocenters. The minimum atomic E-state index is -0.495. The number of hydrogen-bond acceptors (Lipinski definition) is 3. The van der Waals surface area contributed by atoms with E-state index in [1.807, 2.05) is 80.9 Å². The molecule has 3 aromatic rings. The molecule has 0 aliphatic carbocycles. The number of aryl methyl sites for hydroxylation is 3. The standard InChI is InChI=1S/C25H23N3O2S/c1-15-10-11-21(17(3)13-15)27-12-6-8-19(27)14-20-23(29)26-25(31)28(24(20)30)22-9-5-7-16(2)18(22)4/h5-14H,1-4H3,(H,26,29,31)/b20-14+. The third-order valence-corrected chi connectivity index (χ3v) is 5.89. The highest BCUT2D eigenvalue weighted by Crippen LogP contribution is 2.28.